The van der Waals surface area contributed by atoms with Gasteiger partial charge in [-0.25, -0.2) is 5.48 Å². The monoisotopic (exact) mass is 324 g/mol. The van der Waals surface area contributed by atoms with Crippen LogP contribution in [-0.4, -0.2) is 28.3 Å². The van der Waals surface area contributed by atoms with Crippen LogP contribution in [0.3, 0.4) is 0 Å². The Labute approximate surface area is 137 Å². The molecule has 0 unspecified atom stereocenters. The van der Waals surface area contributed by atoms with E-state index in [0.29, 0.717) is 18.3 Å². The Morgan fingerprint density at radius 2 is 2.17 bits per heavy atom. The van der Waals surface area contributed by atoms with E-state index in [0.717, 1.165) is 18.8 Å². The molecule has 0 aromatic carbocycles. The first-order valence-corrected chi connectivity index (χ1v) is 8.63. The van der Waals surface area contributed by atoms with Gasteiger partial charge in [-0.2, -0.15) is 4.98 Å². The van der Waals surface area contributed by atoms with Crippen molar-refractivity contribution in [2.75, 3.05) is 7.05 Å². The average Bonchev–Trinajstić information content (AvgIpc) is 3.03. The molecule has 0 aliphatic heterocycles. The Balaban J connectivity index is 1.88. The van der Waals surface area contributed by atoms with E-state index >= 15 is 0 Å². The number of nitrogens with one attached hydrogen (secondary N) is 2. The summed E-state index contributed by atoms with van der Waals surface area (Å²) in [5.41, 5.74) is 1.70. The number of rotatable bonds is 9. The number of hydroxylamine groups is 1. The number of hydrogen-bond donors (Lipinski definition) is 3. The summed E-state index contributed by atoms with van der Waals surface area (Å²) in [6.07, 6.45) is 9.94. The molecule has 130 valence electrons. The van der Waals surface area contributed by atoms with Crippen molar-refractivity contribution in [3.8, 4) is 0 Å². The fourth-order valence-corrected chi connectivity index (χ4v) is 3.37. The normalized spacial score (nSPS) is 17.1. The molecule has 1 aromatic rings. The van der Waals surface area contributed by atoms with Crippen LogP contribution in [0.2, 0.25) is 0 Å². The zero-order valence-electron chi connectivity index (χ0n) is 13.9. The van der Waals surface area contributed by atoms with Gasteiger partial charge in [-0.3, -0.25) is 10.0 Å². The van der Waals surface area contributed by atoms with Gasteiger partial charge in [0.05, 0.1) is 6.54 Å². The highest BCUT2D eigenvalue weighted by Crippen LogP contribution is 2.30. The van der Waals surface area contributed by atoms with Crippen LogP contribution in [0.4, 0.5) is 0 Å². The van der Waals surface area contributed by atoms with Crippen molar-refractivity contribution in [2.45, 2.75) is 70.3 Å². The lowest BCUT2D eigenvalue weighted by molar-refractivity contribution is -0.129. The fraction of sp³-hybridized carbons (Fsp3) is 0.812. The second kappa shape index (κ2) is 9.62. The van der Waals surface area contributed by atoms with E-state index in [1.165, 1.54) is 38.5 Å². The van der Waals surface area contributed by atoms with E-state index in [1.54, 1.807) is 5.48 Å². The first kappa shape index (κ1) is 17.9. The molecule has 7 heteroatoms. The molecular formula is C16H28N4O3. The smallest absolute Gasteiger partial charge is 0.244 e. The van der Waals surface area contributed by atoms with E-state index in [2.05, 4.69) is 15.5 Å². The topological polar surface area (TPSA) is 100 Å². The molecule has 1 atom stereocenters. The van der Waals surface area contributed by atoms with Crippen LogP contribution in [0.1, 0.15) is 75.4 Å². The molecule has 0 spiro atoms. The van der Waals surface area contributed by atoms with Gasteiger partial charge in [0.15, 0.2) is 5.82 Å². The van der Waals surface area contributed by atoms with Crippen LogP contribution < -0.4 is 10.8 Å². The van der Waals surface area contributed by atoms with E-state index in [4.69, 9.17) is 9.73 Å². The second-order valence-corrected chi connectivity index (χ2v) is 6.45. The van der Waals surface area contributed by atoms with Crippen LogP contribution in [0.25, 0.3) is 0 Å². The minimum absolute atomic E-state index is 0.135. The molecule has 1 amide bonds. The molecule has 1 aliphatic carbocycles. The van der Waals surface area contributed by atoms with E-state index in [1.807, 2.05) is 7.05 Å². The lowest BCUT2D eigenvalue weighted by Gasteiger charge is -2.22. The SMILES string of the molecule is CNCc1noc([C@H](CCCC2CCCCC2)CC(=O)NO)n1. The van der Waals surface area contributed by atoms with Crippen LogP contribution >= 0.6 is 0 Å². The third kappa shape index (κ3) is 5.91. The van der Waals surface area contributed by atoms with Crippen LogP contribution in [0, 0.1) is 5.92 Å². The summed E-state index contributed by atoms with van der Waals surface area (Å²) in [6.45, 7) is 0.532. The van der Waals surface area contributed by atoms with E-state index in [-0.39, 0.29) is 12.3 Å². The molecule has 3 N–H and O–H groups in total. The first-order chi connectivity index (χ1) is 11.2. The van der Waals surface area contributed by atoms with Gasteiger partial charge in [0.2, 0.25) is 11.8 Å². The summed E-state index contributed by atoms with van der Waals surface area (Å²) in [4.78, 5) is 15.9. The van der Waals surface area contributed by atoms with Crippen molar-refractivity contribution in [1.82, 2.24) is 20.9 Å². The molecule has 1 saturated carbocycles. The predicted octanol–water partition coefficient (Wildman–Crippen LogP) is 2.52. The summed E-state index contributed by atoms with van der Waals surface area (Å²) in [5.74, 6) is 1.34. The first-order valence-electron chi connectivity index (χ1n) is 8.63. The van der Waals surface area contributed by atoms with Gasteiger partial charge < -0.3 is 9.84 Å². The molecule has 0 saturated heterocycles. The van der Waals surface area contributed by atoms with Crippen molar-refractivity contribution in [3.05, 3.63) is 11.7 Å². The Kier molecular flexibility index (Phi) is 7.48. The quantitative estimate of drug-likeness (QED) is 0.477. The molecule has 1 aliphatic rings. The molecule has 0 radical (unpaired) electrons. The van der Waals surface area contributed by atoms with Crippen molar-refractivity contribution >= 4 is 5.91 Å². The van der Waals surface area contributed by atoms with Gasteiger partial charge in [0, 0.05) is 12.3 Å². The average molecular weight is 324 g/mol. The van der Waals surface area contributed by atoms with Crippen LogP contribution in [0.15, 0.2) is 4.52 Å². The Bertz CT molecular complexity index is 472. The molecule has 1 fully saturated rings. The number of aromatic nitrogens is 2. The minimum Gasteiger partial charge on any atom is -0.339 e. The molecule has 0 bridgehead atoms. The summed E-state index contributed by atoms with van der Waals surface area (Å²) in [7, 11) is 1.82. The number of carbonyl (C=O) groups is 1. The third-order valence-electron chi connectivity index (χ3n) is 4.61. The Hall–Kier alpha value is -1.47. The number of nitrogens with zero attached hydrogens (tertiary/aromatic N) is 2. The highest BCUT2D eigenvalue weighted by atomic mass is 16.5. The number of carbonyl (C=O) groups excluding carboxylic acids is 1. The lowest BCUT2D eigenvalue weighted by Crippen LogP contribution is -2.21. The summed E-state index contributed by atoms with van der Waals surface area (Å²) in [6, 6.07) is 0. The van der Waals surface area contributed by atoms with Gasteiger partial charge in [-0.05, 0) is 19.4 Å². The van der Waals surface area contributed by atoms with Gasteiger partial charge in [-0.1, -0.05) is 50.1 Å². The van der Waals surface area contributed by atoms with Gasteiger partial charge in [0.25, 0.3) is 0 Å². The molecule has 7 nitrogen and oxygen atoms in total. The second-order valence-electron chi connectivity index (χ2n) is 6.45. The summed E-state index contributed by atoms with van der Waals surface area (Å²) in [5, 5.41) is 15.7. The summed E-state index contributed by atoms with van der Waals surface area (Å²) < 4.78 is 5.30. The van der Waals surface area contributed by atoms with Crippen molar-refractivity contribution in [2.24, 2.45) is 5.92 Å². The maximum atomic E-state index is 11.5. The maximum absolute atomic E-state index is 11.5. The minimum atomic E-state index is -0.416. The molecule has 1 aromatic heterocycles. The van der Waals surface area contributed by atoms with Crippen LogP contribution in [-0.2, 0) is 11.3 Å². The lowest BCUT2D eigenvalue weighted by atomic mass is 9.84. The van der Waals surface area contributed by atoms with Gasteiger partial charge >= 0.3 is 0 Å². The third-order valence-corrected chi connectivity index (χ3v) is 4.61. The molecular weight excluding hydrogens is 296 g/mol. The van der Waals surface area contributed by atoms with Crippen molar-refractivity contribution < 1.29 is 14.5 Å². The van der Waals surface area contributed by atoms with Crippen molar-refractivity contribution in [1.29, 1.82) is 0 Å². The number of amides is 1. The predicted molar refractivity (Wildman–Crippen MR) is 84.8 cm³/mol. The van der Waals surface area contributed by atoms with Gasteiger partial charge in [0.1, 0.15) is 0 Å². The fourth-order valence-electron chi connectivity index (χ4n) is 3.37. The Morgan fingerprint density at radius 1 is 1.39 bits per heavy atom. The maximum Gasteiger partial charge on any atom is 0.244 e. The molecule has 2 rings (SSSR count). The number of hydrogen-bond acceptors (Lipinski definition) is 6. The Morgan fingerprint density at radius 3 is 2.87 bits per heavy atom. The summed E-state index contributed by atoms with van der Waals surface area (Å²) >= 11 is 0. The standard InChI is InChI=1S/C16H28N4O3/c1-17-11-14-18-16(23-20-14)13(10-15(21)19-22)9-5-8-12-6-3-2-4-7-12/h12-13,17,22H,2-11H2,1H3,(H,19,21)/t13-/m1/s1. The highest BCUT2D eigenvalue weighted by molar-refractivity contribution is 5.75. The molecule has 23 heavy (non-hydrogen) atoms. The van der Waals surface area contributed by atoms with Gasteiger partial charge in [-0.15, -0.1) is 0 Å². The zero-order valence-corrected chi connectivity index (χ0v) is 13.9. The van der Waals surface area contributed by atoms with Crippen molar-refractivity contribution in [3.63, 3.8) is 0 Å². The highest BCUT2D eigenvalue weighted by Gasteiger charge is 2.23. The van der Waals surface area contributed by atoms with E-state index < -0.39 is 5.91 Å². The molecule has 1 heterocycles. The largest absolute Gasteiger partial charge is 0.339 e. The van der Waals surface area contributed by atoms with Crippen LogP contribution in [0.5, 0.6) is 0 Å². The van der Waals surface area contributed by atoms with E-state index in [9.17, 15) is 4.79 Å². The zero-order chi connectivity index (χ0) is 16.5.